The van der Waals surface area contributed by atoms with E-state index in [1.54, 1.807) is 12.5 Å². The average molecular weight is 426 g/mol. The fraction of sp³-hybridized carbons (Fsp3) is 0.500. The first-order chi connectivity index (χ1) is 15.2. The van der Waals surface area contributed by atoms with Crippen LogP contribution in [0.15, 0.2) is 53.3 Å². The predicted octanol–water partition coefficient (Wildman–Crippen LogP) is 2.52. The number of ether oxygens (including phenoxy) is 1. The standard InChI is InChI=1S/C24H31N3O4/c28-23-8-4-10-26(23)11-5-12-27-16-22(31-19-20-6-2-1-3-7-20)15-25(17-24(27)29)14-21-9-13-30-18-21/h1-3,6-7,9,13,18,22H,4-5,8,10-12,14-17,19H2. The number of benzene rings is 1. The molecule has 2 saturated heterocycles. The molecule has 2 amide bonds. The molecular formula is C24H31N3O4. The van der Waals surface area contributed by atoms with Crippen LogP contribution in [-0.2, 0) is 27.5 Å². The van der Waals surface area contributed by atoms with Gasteiger partial charge in [-0.15, -0.1) is 0 Å². The van der Waals surface area contributed by atoms with Gasteiger partial charge in [-0.3, -0.25) is 14.5 Å². The van der Waals surface area contributed by atoms with E-state index in [9.17, 15) is 9.59 Å². The summed E-state index contributed by atoms with van der Waals surface area (Å²) in [7, 11) is 0. The highest BCUT2D eigenvalue weighted by Gasteiger charge is 2.29. The van der Waals surface area contributed by atoms with Gasteiger partial charge < -0.3 is 19.0 Å². The SMILES string of the molecule is O=C1CCCN1CCCN1CC(OCc2ccccc2)CN(Cc2ccoc2)CC1=O. The average Bonchev–Trinajstić information content (AvgIpc) is 3.40. The zero-order valence-corrected chi connectivity index (χ0v) is 17.9. The molecule has 0 N–H and O–H groups in total. The van der Waals surface area contributed by atoms with Crippen molar-refractivity contribution in [1.82, 2.24) is 14.7 Å². The van der Waals surface area contributed by atoms with E-state index in [0.717, 1.165) is 37.1 Å². The monoisotopic (exact) mass is 425 g/mol. The lowest BCUT2D eigenvalue weighted by Crippen LogP contribution is -2.39. The largest absolute Gasteiger partial charge is 0.472 e. The maximum Gasteiger partial charge on any atom is 0.236 e. The van der Waals surface area contributed by atoms with Gasteiger partial charge in [0, 0.05) is 51.3 Å². The molecule has 0 aliphatic carbocycles. The molecule has 1 unspecified atom stereocenters. The third-order valence-electron chi connectivity index (χ3n) is 5.94. The minimum absolute atomic E-state index is 0.0769. The summed E-state index contributed by atoms with van der Waals surface area (Å²) in [6, 6.07) is 12.0. The number of nitrogens with zero attached hydrogens (tertiary/aromatic N) is 3. The molecule has 1 atom stereocenters. The Hall–Kier alpha value is -2.64. The van der Waals surface area contributed by atoms with Crippen LogP contribution in [0.2, 0.25) is 0 Å². The summed E-state index contributed by atoms with van der Waals surface area (Å²) in [4.78, 5) is 30.8. The van der Waals surface area contributed by atoms with E-state index >= 15 is 0 Å². The maximum absolute atomic E-state index is 13.0. The van der Waals surface area contributed by atoms with Crippen LogP contribution in [0, 0.1) is 0 Å². The summed E-state index contributed by atoms with van der Waals surface area (Å²) in [5.41, 5.74) is 2.18. The fourth-order valence-electron chi connectivity index (χ4n) is 4.31. The van der Waals surface area contributed by atoms with Gasteiger partial charge in [-0.05, 0) is 24.5 Å². The number of likely N-dealkylation sites (tertiary alicyclic amines) is 1. The minimum atomic E-state index is -0.0769. The minimum Gasteiger partial charge on any atom is -0.472 e. The molecule has 0 bridgehead atoms. The second-order valence-corrected chi connectivity index (χ2v) is 8.40. The molecule has 1 aromatic carbocycles. The first-order valence-corrected chi connectivity index (χ1v) is 11.1. The van der Waals surface area contributed by atoms with Crippen molar-refractivity contribution in [1.29, 1.82) is 0 Å². The van der Waals surface area contributed by atoms with Gasteiger partial charge in [0.25, 0.3) is 0 Å². The van der Waals surface area contributed by atoms with Crippen molar-refractivity contribution >= 4 is 11.8 Å². The van der Waals surface area contributed by atoms with Gasteiger partial charge in [-0.2, -0.15) is 0 Å². The molecule has 0 radical (unpaired) electrons. The topological polar surface area (TPSA) is 66.2 Å². The van der Waals surface area contributed by atoms with Gasteiger partial charge >= 0.3 is 0 Å². The first kappa shape index (κ1) is 21.6. The lowest BCUT2D eigenvalue weighted by atomic mass is 10.2. The van der Waals surface area contributed by atoms with Crippen LogP contribution in [0.5, 0.6) is 0 Å². The molecule has 7 heteroatoms. The molecule has 4 rings (SSSR count). The molecule has 0 spiro atoms. The first-order valence-electron chi connectivity index (χ1n) is 11.1. The van der Waals surface area contributed by atoms with E-state index < -0.39 is 0 Å². The quantitative estimate of drug-likeness (QED) is 0.618. The van der Waals surface area contributed by atoms with Crippen LogP contribution in [0.25, 0.3) is 0 Å². The summed E-state index contributed by atoms with van der Waals surface area (Å²) < 4.78 is 11.4. The van der Waals surface area contributed by atoms with Crippen LogP contribution in [0.4, 0.5) is 0 Å². The summed E-state index contributed by atoms with van der Waals surface area (Å²) in [5.74, 6) is 0.347. The smallest absolute Gasteiger partial charge is 0.236 e. The summed E-state index contributed by atoms with van der Waals surface area (Å²) in [5, 5.41) is 0. The number of furan rings is 1. The summed E-state index contributed by atoms with van der Waals surface area (Å²) >= 11 is 0. The van der Waals surface area contributed by atoms with Crippen molar-refractivity contribution < 1.29 is 18.7 Å². The molecule has 2 aromatic rings. The lowest BCUT2D eigenvalue weighted by molar-refractivity contribution is -0.132. The third-order valence-corrected chi connectivity index (χ3v) is 5.94. The zero-order chi connectivity index (χ0) is 21.5. The number of hydrogen-bond acceptors (Lipinski definition) is 5. The Morgan fingerprint density at radius 1 is 0.968 bits per heavy atom. The Morgan fingerprint density at radius 3 is 2.55 bits per heavy atom. The Balaban J connectivity index is 1.37. The summed E-state index contributed by atoms with van der Waals surface area (Å²) in [6.07, 6.45) is 5.70. The molecule has 31 heavy (non-hydrogen) atoms. The predicted molar refractivity (Wildman–Crippen MR) is 116 cm³/mol. The zero-order valence-electron chi connectivity index (χ0n) is 17.9. The van der Waals surface area contributed by atoms with E-state index in [4.69, 9.17) is 9.15 Å². The number of carbonyl (C=O) groups is 2. The molecule has 7 nitrogen and oxygen atoms in total. The highest BCUT2D eigenvalue weighted by molar-refractivity contribution is 5.79. The molecular weight excluding hydrogens is 394 g/mol. The summed E-state index contributed by atoms with van der Waals surface area (Å²) in [6.45, 7) is 5.00. The molecule has 3 heterocycles. The van der Waals surface area contributed by atoms with Crippen molar-refractivity contribution in [2.24, 2.45) is 0 Å². The highest BCUT2D eigenvalue weighted by atomic mass is 16.5. The van der Waals surface area contributed by atoms with E-state index in [1.165, 1.54) is 0 Å². The van der Waals surface area contributed by atoms with Crippen LogP contribution in [0.3, 0.4) is 0 Å². The highest BCUT2D eigenvalue weighted by Crippen LogP contribution is 2.15. The normalized spacial score (nSPS) is 20.5. The Labute approximate surface area is 183 Å². The van der Waals surface area contributed by atoms with Crippen LogP contribution >= 0.6 is 0 Å². The Kier molecular flexibility index (Phi) is 7.38. The number of hydrogen-bond donors (Lipinski definition) is 0. The molecule has 166 valence electrons. The van der Waals surface area contributed by atoms with Gasteiger partial charge in [0.2, 0.25) is 11.8 Å². The fourth-order valence-corrected chi connectivity index (χ4v) is 4.31. The second kappa shape index (κ2) is 10.6. The van der Waals surface area contributed by atoms with Gasteiger partial charge in [0.15, 0.2) is 0 Å². The van der Waals surface area contributed by atoms with Crippen molar-refractivity contribution in [3.05, 3.63) is 60.1 Å². The number of rotatable bonds is 9. The number of carbonyl (C=O) groups excluding carboxylic acids is 2. The molecule has 2 aliphatic rings. The third kappa shape index (κ3) is 6.18. The van der Waals surface area contributed by atoms with Crippen molar-refractivity contribution in [3.63, 3.8) is 0 Å². The van der Waals surface area contributed by atoms with Crippen molar-refractivity contribution in [2.75, 3.05) is 39.3 Å². The van der Waals surface area contributed by atoms with E-state index in [1.807, 2.05) is 34.1 Å². The van der Waals surface area contributed by atoms with Gasteiger partial charge in [0.05, 0.1) is 31.8 Å². The Morgan fingerprint density at radius 2 is 1.81 bits per heavy atom. The van der Waals surface area contributed by atoms with E-state index in [-0.39, 0.29) is 17.9 Å². The van der Waals surface area contributed by atoms with Crippen LogP contribution < -0.4 is 0 Å². The maximum atomic E-state index is 13.0. The van der Waals surface area contributed by atoms with Crippen LogP contribution in [-0.4, -0.2) is 71.9 Å². The molecule has 0 saturated carbocycles. The van der Waals surface area contributed by atoms with E-state index in [0.29, 0.717) is 45.8 Å². The van der Waals surface area contributed by atoms with E-state index in [2.05, 4.69) is 17.0 Å². The second-order valence-electron chi connectivity index (χ2n) is 8.40. The van der Waals surface area contributed by atoms with Crippen LogP contribution in [0.1, 0.15) is 30.4 Å². The van der Waals surface area contributed by atoms with Gasteiger partial charge in [-0.25, -0.2) is 0 Å². The van der Waals surface area contributed by atoms with Crippen molar-refractivity contribution in [2.45, 2.75) is 38.5 Å². The molecule has 1 aromatic heterocycles. The van der Waals surface area contributed by atoms with Gasteiger partial charge in [0.1, 0.15) is 0 Å². The molecule has 2 fully saturated rings. The lowest BCUT2D eigenvalue weighted by Gasteiger charge is -2.25. The number of amides is 2. The Bertz CT molecular complexity index is 840. The van der Waals surface area contributed by atoms with Crippen molar-refractivity contribution in [3.8, 4) is 0 Å². The molecule has 2 aliphatic heterocycles. The van der Waals surface area contributed by atoms with Gasteiger partial charge in [-0.1, -0.05) is 30.3 Å².